The molecule has 0 aliphatic rings. The summed E-state index contributed by atoms with van der Waals surface area (Å²) in [6, 6.07) is 17.4. The van der Waals surface area contributed by atoms with E-state index in [-0.39, 0.29) is 5.91 Å². The number of unbranched alkanes of at least 4 members (excludes halogenated alkanes) is 1. The van der Waals surface area contributed by atoms with Crippen LogP contribution < -0.4 is 10.2 Å². The Morgan fingerprint density at radius 3 is 2.81 bits per heavy atom. The van der Waals surface area contributed by atoms with Gasteiger partial charge in [-0.25, -0.2) is 5.43 Å². The van der Waals surface area contributed by atoms with E-state index in [1.54, 1.807) is 12.3 Å². The molecule has 0 aliphatic carbocycles. The number of aromatic nitrogens is 3. The number of aromatic amines is 2. The van der Waals surface area contributed by atoms with Crippen LogP contribution in [-0.2, 0) is 0 Å². The van der Waals surface area contributed by atoms with Gasteiger partial charge in [0.05, 0.1) is 18.5 Å². The highest BCUT2D eigenvalue weighted by Gasteiger charge is 2.11. The highest BCUT2D eigenvalue weighted by molar-refractivity contribution is 6.01. The number of hydrogen-bond donors (Lipinski definition) is 3. The number of para-hydroxylation sites is 1. The minimum atomic E-state index is -0.355. The molecule has 0 bridgehead atoms. The van der Waals surface area contributed by atoms with Crippen molar-refractivity contribution in [2.24, 2.45) is 5.10 Å². The molecular formula is C24H25N5O2. The van der Waals surface area contributed by atoms with E-state index in [0.29, 0.717) is 18.0 Å². The fourth-order valence-corrected chi connectivity index (χ4v) is 3.32. The summed E-state index contributed by atoms with van der Waals surface area (Å²) in [5.74, 6) is 0.472. The number of nitrogens with one attached hydrogen (secondary N) is 3. The van der Waals surface area contributed by atoms with Crippen LogP contribution in [-0.4, -0.2) is 33.9 Å². The molecule has 0 aliphatic heterocycles. The maximum atomic E-state index is 12.4. The molecule has 0 radical (unpaired) electrons. The maximum Gasteiger partial charge on any atom is 0.289 e. The number of fused-ring (bicyclic) bond motifs is 1. The fourth-order valence-electron chi connectivity index (χ4n) is 3.32. The first-order valence-electron chi connectivity index (χ1n) is 10.3. The van der Waals surface area contributed by atoms with E-state index >= 15 is 0 Å². The predicted molar refractivity (Wildman–Crippen MR) is 123 cm³/mol. The third-order valence-corrected chi connectivity index (χ3v) is 5.04. The van der Waals surface area contributed by atoms with Crippen LogP contribution in [0.2, 0.25) is 0 Å². The van der Waals surface area contributed by atoms with Gasteiger partial charge < -0.3 is 9.72 Å². The van der Waals surface area contributed by atoms with Gasteiger partial charge in [-0.05, 0) is 49.7 Å². The molecule has 158 valence electrons. The van der Waals surface area contributed by atoms with E-state index in [0.717, 1.165) is 46.3 Å². The monoisotopic (exact) mass is 415 g/mol. The zero-order valence-electron chi connectivity index (χ0n) is 17.6. The molecule has 0 spiro atoms. The molecule has 4 rings (SSSR count). The Bertz CT molecular complexity index is 1200. The molecule has 0 unspecified atom stereocenters. The summed E-state index contributed by atoms with van der Waals surface area (Å²) < 4.78 is 5.68. The average molecular weight is 415 g/mol. The maximum absolute atomic E-state index is 12.4. The lowest BCUT2D eigenvalue weighted by molar-refractivity contribution is 0.0950. The van der Waals surface area contributed by atoms with Crippen molar-refractivity contribution in [3.63, 3.8) is 0 Å². The van der Waals surface area contributed by atoms with Gasteiger partial charge in [0.15, 0.2) is 0 Å². The zero-order valence-corrected chi connectivity index (χ0v) is 17.6. The third kappa shape index (κ3) is 4.66. The Labute approximate surface area is 180 Å². The second kappa shape index (κ2) is 9.30. The molecule has 2 aromatic heterocycles. The molecule has 0 saturated heterocycles. The first-order chi connectivity index (χ1) is 15.2. The van der Waals surface area contributed by atoms with E-state index in [2.05, 4.69) is 32.6 Å². The van der Waals surface area contributed by atoms with Gasteiger partial charge in [0.1, 0.15) is 11.4 Å². The molecule has 3 N–H and O–H groups in total. The summed E-state index contributed by atoms with van der Waals surface area (Å²) in [5, 5.41) is 12.2. The van der Waals surface area contributed by atoms with Crippen LogP contribution in [0.25, 0.3) is 22.2 Å². The molecule has 4 aromatic rings. The number of aryl methyl sites for hydroxylation is 1. The summed E-state index contributed by atoms with van der Waals surface area (Å²) in [6.45, 7) is 4.82. The van der Waals surface area contributed by atoms with E-state index in [4.69, 9.17) is 4.74 Å². The van der Waals surface area contributed by atoms with Gasteiger partial charge in [-0.3, -0.25) is 9.89 Å². The Morgan fingerprint density at radius 1 is 1.19 bits per heavy atom. The van der Waals surface area contributed by atoms with Crippen LogP contribution in [0.3, 0.4) is 0 Å². The van der Waals surface area contributed by atoms with Gasteiger partial charge in [-0.2, -0.15) is 10.2 Å². The van der Waals surface area contributed by atoms with E-state index in [1.807, 2.05) is 55.5 Å². The summed E-state index contributed by atoms with van der Waals surface area (Å²) in [7, 11) is 0. The molecule has 2 aromatic carbocycles. The molecule has 31 heavy (non-hydrogen) atoms. The van der Waals surface area contributed by atoms with Gasteiger partial charge in [0.25, 0.3) is 5.91 Å². The smallest absolute Gasteiger partial charge is 0.289 e. The number of benzene rings is 2. The summed E-state index contributed by atoms with van der Waals surface area (Å²) in [6.07, 6.45) is 3.78. The van der Waals surface area contributed by atoms with E-state index < -0.39 is 0 Å². The molecule has 7 heteroatoms. The third-order valence-electron chi connectivity index (χ3n) is 5.04. The number of hydrogen-bond acceptors (Lipinski definition) is 4. The van der Waals surface area contributed by atoms with Crippen LogP contribution in [0.1, 0.15) is 41.5 Å². The zero-order chi connectivity index (χ0) is 21.6. The van der Waals surface area contributed by atoms with Crippen molar-refractivity contribution >= 4 is 23.0 Å². The lowest BCUT2D eigenvalue weighted by Gasteiger charge is -2.05. The number of rotatable bonds is 8. The number of carbonyl (C=O) groups is 1. The highest BCUT2D eigenvalue weighted by Crippen LogP contribution is 2.22. The van der Waals surface area contributed by atoms with Crippen LogP contribution in [0.5, 0.6) is 5.75 Å². The van der Waals surface area contributed by atoms with Crippen LogP contribution in [0.15, 0.2) is 59.7 Å². The predicted octanol–water partition coefficient (Wildman–Crippen LogP) is 4.81. The van der Waals surface area contributed by atoms with Crippen LogP contribution in [0, 0.1) is 6.92 Å². The minimum absolute atomic E-state index is 0.339. The summed E-state index contributed by atoms with van der Waals surface area (Å²) >= 11 is 0. The quantitative estimate of drug-likeness (QED) is 0.219. The first kappa shape index (κ1) is 20.4. The number of nitrogens with zero attached hydrogens (tertiary/aromatic N) is 2. The molecule has 1 amide bonds. The van der Waals surface area contributed by atoms with Gasteiger partial charge in [0.2, 0.25) is 0 Å². The Hall–Kier alpha value is -3.87. The molecule has 0 fully saturated rings. The lowest BCUT2D eigenvalue weighted by Crippen LogP contribution is -2.18. The Balaban J connectivity index is 1.40. The number of hydrazone groups is 1. The second-order valence-electron chi connectivity index (χ2n) is 7.30. The van der Waals surface area contributed by atoms with Crippen molar-refractivity contribution in [2.75, 3.05) is 6.61 Å². The van der Waals surface area contributed by atoms with Gasteiger partial charge >= 0.3 is 0 Å². The van der Waals surface area contributed by atoms with Crippen molar-refractivity contribution < 1.29 is 9.53 Å². The molecule has 0 saturated carbocycles. The SMILES string of the molecule is CCCCOc1ccc(-c2cc(C(=O)N/N=C\c3c(C)[nH]c4ccccc34)[nH]n2)cc1. The molecular weight excluding hydrogens is 390 g/mol. The number of carbonyl (C=O) groups excluding carboxylic acids is 1. The topological polar surface area (TPSA) is 95.2 Å². The highest BCUT2D eigenvalue weighted by atomic mass is 16.5. The van der Waals surface area contributed by atoms with Gasteiger partial charge in [-0.1, -0.05) is 31.5 Å². The van der Waals surface area contributed by atoms with Crippen molar-refractivity contribution in [3.05, 3.63) is 71.5 Å². The first-order valence-corrected chi connectivity index (χ1v) is 10.3. The van der Waals surface area contributed by atoms with E-state index in [9.17, 15) is 4.79 Å². The standard InChI is InChI=1S/C24H25N5O2/c1-3-4-13-31-18-11-9-17(10-12-18)22-14-23(28-27-22)24(30)29-25-15-20-16(2)26-21-8-6-5-7-19(20)21/h5-12,14-15,26H,3-4,13H2,1-2H3,(H,27,28)(H,29,30)/b25-15-. The van der Waals surface area contributed by atoms with Crippen molar-refractivity contribution in [1.82, 2.24) is 20.6 Å². The summed E-state index contributed by atoms with van der Waals surface area (Å²) in [5.41, 5.74) is 7.45. The number of ether oxygens (including phenoxy) is 1. The lowest BCUT2D eigenvalue weighted by atomic mass is 10.1. The minimum Gasteiger partial charge on any atom is -0.494 e. The van der Waals surface area contributed by atoms with Crippen molar-refractivity contribution in [2.45, 2.75) is 26.7 Å². The Kier molecular flexibility index (Phi) is 6.12. The number of amides is 1. The van der Waals surface area contributed by atoms with Gasteiger partial charge in [0, 0.05) is 27.7 Å². The largest absolute Gasteiger partial charge is 0.494 e. The Morgan fingerprint density at radius 2 is 2.00 bits per heavy atom. The second-order valence-corrected chi connectivity index (χ2v) is 7.30. The average Bonchev–Trinajstić information content (AvgIpc) is 3.39. The van der Waals surface area contributed by atoms with Crippen molar-refractivity contribution in [3.8, 4) is 17.0 Å². The molecule has 7 nitrogen and oxygen atoms in total. The molecule has 0 atom stereocenters. The van der Waals surface area contributed by atoms with Crippen molar-refractivity contribution in [1.29, 1.82) is 0 Å². The normalized spacial score (nSPS) is 11.3. The van der Waals surface area contributed by atoms with Crippen LogP contribution in [0.4, 0.5) is 0 Å². The number of H-pyrrole nitrogens is 2. The summed E-state index contributed by atoms with van der Waals surface area (Å²) in [4.78, 5) is 15.8. The fraction of sp³-hybridized carbons (Fsp3) is 0.208. The van der Waals surface area contributed by atoms with E-state index in [1.165, 1.54) is 0 Å². The van der Waals surface area contributed by atoms with Crippen LogP contribution >= 0.6 is 0 Å². The molecule has 2 heterocycles. The van der Waals surface area contributed by atoms with Gasteiger partial charge in [-0.15, -0.1) is 0 Å².